The summed E-state index contributed by atoms with van der Waals surface area (Å²) in [6, 6.07) is 6.33. The van der Waals surface area contributed by atoms with Crippen LogP contribution in [0, 0.1) is 23.2 Å². The monoisotopic (exact) mass is 376 g/mol. The lowest BCUT2D eigenvalue weighted by Crippen LogP contribution is -2.51. The molecule has 26 heavy (non-hydrogen) atoms. The van der Waals surface area contributed by atoms with Gasteiger partial charge in [0.25, 0.3) is 0 Å². The number of anilines is 1. The molecule has 4 aliphatic carbocycles. The van der Waals surface area contributed by atoms with Gasteiger partial charge in [0.15, 0.2) is 0 Å². The van der Waals surface area contributed by atoms with E-state index in [-0.39, 0.29) is 22.3 Å². The molecule has 4 bridgehead atoms. The third kappa shape index (κ3) is 3.29. The van der Waals surface area contributed by atoms with Gasteiger partial charge in [-0.15, -0.1) is 0 Å². The SMILES string of the molecule is CC(C)NS(=O)(=O)c1ccc(NC(=O)C23CC4CC(CC(C4)C2)C3)cc1. The number of hydrogen-bond acceptors (Lipinski definition) is 3. The van der Waals surface area contributed by atoms with Crippen LogP contribution in [0.4, 0.5) is 5.69 Å². The van der Waals surface area contributed by atoms with Gasteiger partial charge in [0.1, 0.15) is 0 Å². The molecular formula is C20H28N2O3S. The highest BCUT2D eigenvalue weighted by molar-refractivity contribution is 7.89. The number of sulfonamides is 1. The van der Waals surface area contributed by atoms with E-state index in [1.807, 2.05) is 0 Å². The molecule has 0 atom stereocenters. The number of rotatable bonds is 5. The first-order valence-corrected chi connectivity index (χ1v) is 11.2. The van der Waals surface area contributed by atoms with Crippen LogP contribution in [0.2, 0.25) is 0 Å². The molecule has 1 amide bonds. The fraction of sp³-hybridized carbons (Fsp3) is 0.650. The van der Waals surface area contributed by atoms with Crippen molar-refractivity contribution in [2.75, 3.05) is 5.32 Å². The predicted molar refractivity (Wildman–Crippen MR) is 101 cm³/mol. The average Bonchev–Trinajstić information content (AvgIpc) is 2.53. The van der Waals surface area contributed by atoms with Gasteiger partial charge in [0, 0.05) is 11.7 Å². The molecule has 1 aromatic rings. The minimum Gasteiger partial charge on any atom is -0.326 e. The number of amides is 1. The molecule has 6 heteroatoms. The lowest BCUT2D eigenvalue weighted by molar-refractivity contribution is -0.140. The summed E-state index contributed by atoms with van der Waals surface area (Å²) in [7, 11) is -3.50. The summed E-state index contributed by atoms with van der Waals surface area (Å²) in [5.41, 5.74) is 0.479. The van der Waals surface area contributed by atoms with Crippen LogP contribution in [-0.4, -0.2) is 20.4 Å². The Morgan fingerprint density at radius 2 is 1.50 bits per heavy atom. The second kappa shape index (κ2) is 6.34. The molecule has 0 saturated heterocycles. The smallest absolute Gasteiger partial charge is 0.240 e. The van der Waals surface area contributed by atoms with Gasteiger partial charge in [-0.2, -0.15) is 0 Å². The van der Waals surface area contributed by atoms with Crippen LogP contribution in [0.3, 0.4) is 0 Å². The third-order valence-electron chi connectivity index (χ3n) is 6.33. The molecule has 1 aromatic carbocycles. The first kappa shape index (κ1) is 18.0. The first-order valence-electron chi connectivity index (χ1n) is 9.70. The molecule has 5 nitrogen and oxygen atoms in total. The van der Waals surface area contributed by atoms with Gasteiger partial charge in [0.05, 0.1) is 10.3 Å². The maximum Gasteiger partial charge on any atom is 0.240 e. The van der Waals surface area contributed by atoms with Gasteiger partial charge in [-0.3, -0.25) is 4.79 Å². The molecule has 0 spiro atoms. The van der Waals surface area contributed by atoms with Crippen LogP contribution in [0.1, 0.15) is 52.4 Å². The van der Waals surface area contributed by atoms with E-state index in [1.165, 1.54) is 19.3 Å². The highest BCUT2D eigenvalue weighted by Crippen LogP contribution is 2.60. The van der Waals surface area contributed by atoms with Crippen molar-refractivity contribution >= 4 is 21.6 Å². The molecule has 0 unspecified atom stereocenters. The second-order valence-corrected chi connectivity index (χ2v) is 10.7. The summed E-state index contributed by atoms with van der Waals surface area (Å²) in [4.78, 5) is 13.3. The highest BCUT2D eigenvalue weighted by Gasteiger charge is 2.54. The number of benzene rings is 1. The topological polar surface area (TPSA) is 75.3 Å². The van der Waals surface area contributed by atoms with Crippen molar-refractivity contribution in [2.45, 2.75) is 63.3 Å². The summed E-state index contributed by atoms with van der Waals surface area (Å²) in [6.45, 7) is 3.58. The Hall–Kier alpha value is -1.40. The van der Waals surface area contributed by atoms with Crippen LogP contribution < -0.4 is 10.0 Å². The Kier molecular flexibility index (Phi) is 4.39. The zero-order valence-corrected chi connectivity index (χ0v) is 16.3. The van der Waals surface area contributed by atoms with E-state index in [0.717, 1.165) is 37.0 Å². The van der Waals surface area contributed by atoms with Gasteiger partial charge in [0.2, 0.25) is 15.9 Å². The van der Waals surface area contributed by atoms with E-state index in [4.69, 9.17) is 0 Å². The summed E-state index contributed by atoms with van der Waals surface area (Å²) in [5, 5.41) is 3.06. The lowest BCUT2D eigenvalue weighted by Gasteiger charge is -2.55. The van der Waals surface area contributed by atoms with Crippen molar-refractivity contribution in [3.8, 4) is 0 Å². The Balaban J connectivity index is 1.47. The van der Waals surface area contributed by atoms with Gasteiger partial charge in [-0.05, 0) is 94.4 Å². The molecule has 4 aliphatic rings. The molecule has 4 saturated carbocycles. The minimum absolute atomic E-state index is 0.132. The fourth-order valence-electron chi connectivity index (χ4n) is 5.75. The standard InChI is InChI=1S/C20H28N2O3S/c1-13(2)22-26(24,25)18-5-3-17(4-6-18)21-19(23)20-10-14-7-15(11-20)9-16(8-14)12-20/h3-6,13-16,22H,7-12H2,1-2H3,(H,21,23). The van der Waals surface area contributed by atoms with Crippen molar-refractivity contribution in [2.24, 2.45) is 23.2 Å². The van der Waals surface area contributed by atoms with E-state index in [1.54, 1.807) is 38.1 Å². The van der Waals surface area contributed by atoms with Crippen LogP contribution in [0.5, 0.6) is 0 Å². The van der Waals surface area contributed by atoms with Gasteiger partial charge >= 0.3 is 0 Å². The molecule has 4 fully saturated rings. The van der Waals surface area contributed by atoms with Crippen molar-refractivity contribution < 1.29 is 13.2 Å². The van der Waals surface area contributed by atoms with E-state index in [2.05, 4.69) is 10.0 Å². The molecular weight excluding hydrogens is 348 g/mol. The quantitative estimate of drug-likeness (QED) is 0.825. The van der Waals surface area contributed by atoms with Crippen LogP contribution in [0.25, 0.3) is 0 Å². The summed E-state index contributed by atoms with van der Waals surface area (Å²) in [6.07, 6.45) is 6.99. The molecule has 0 radical (unpaired) electrons. The normalized spacial score (nSPS) is 32.8. The Morgan fingerprint density at radius 3 is 1.96 bits per heavy atom. The molecule has 0 aliphatic heterocycles. The van der Waals surface area contributed by atoms with Crippen LogP contribution in [-0.2, 0) is 14.8 Å². The third-order valence-corrected chi connectivity index (χ3v) is 8.01. The average molecular weight is 377 g/mol. The lowest BCUT2D eigenvalue weighted by atomic mass is 9.49. The number of hydrogen-bond donors (Lipinski definition) is 2. The van der Waals surface area contributed by atoms with Gasteiger partial charge in [-0.1, -0.05) is 0 Å². The van der Waals surface area contributed by atoms with Crippen LogP contribution >= 0.6 is 0 Å². The summed E-state index contributed by atoms with van der Waals surface area (Å²) >= 11 is 0. The van der Waals surface area contributed by atoms with Crippen molar-refractivity contribution in [1.29, 1.82) is 0 Å². The minimum atomic E-state index is -3.50. The van der Waals surface area contributed by atoms with E-state index in [9.17, 15) is 13.2 Å². The Bertz CT molecular complexity index is 764. The van der Waals surface area contributed by atoms with Crippen molar-refractivity contribution in [3.63, 3.8) is 0 Å². The molecule has 5 rings (SSSR count). The first-order chi connectivity index (χ1) is 12.3. The Morgan fingerprint density at radius 1 is 1.00 bits per heavy atom. The predicted octanol–water partition coefficient (Wildman–Crippen LogP) is 3.53. The summed E-state index contributed by atoms with van der Waals surface area (Å²) < 4.78 is 27.0. The molecule has 2 N–H and O–H groups in total. The van der Waals surface area contributed by atoms with Gasteiger partial charge < -0.3 is 5.32 Å². The van der Waals surface area contributed by atoms with E-state index < -0.39 is 10.0 Å². The number of carbonyl (C=O) groups excluding carboxylic acids is 1. The fourth-order valence-corrected chi connectivity index (χ4v) is 7.00. The molecule has 142 valence electrons. The molecule has 0 heterocycles. The Labute approximate surface area is 156 Å². The number of carbonyl (C=O) groups is 1. The van der Waals surface area contributed by atoms with E-state index >= 15 is 0 Å². The largest absolute Gasteiger partial charge is 0.326 e. The summed E-state index contributed by atoms with van der Waals surface area (Å²) in [5.74, 6) is 2.30. The number of nitrogens with one attached hydrogen (secondary N) is 2. The maximum atomic E-state index is 13.1. The maximum absolute atomic E-state index is 13.1. The van der Waals surface area contributed by atoms with Crippen LogP contribution in [0.15, 0.2) is 29.2 Å². The van der Waals surface area contributed by atoms with Crippen molar-refractivity contribution in [1.82, 2.24) is 4.72 Å². The van der Waals surface area contributed by atoms with Crippen molar-refractivity contribution in [3.05, 3.63) is 24.3 Å². The molecule has 0 aromatic heterocycles. The van der Waals surface area contributed by atoms with E-state index in [0.29, 0.717) is 5.69 Å². The second-order valence-electron chi connectivity index (χ2n) is 8.95. The zero-order valence-electron chi connectivity index (χ0n) is 15.5. The van der Waals surface area contributed by atoms with Gasteiger partial charge in [-0.25, -0.2) is 13.1 Å². The highest BCUT2D eigenvalue weighted by atomic mass is 32.2. The zero-order chi connectivity index (χ0) is 18.5.